The molecule has 3 aromatic rings. The molecule has 2 atom stereocenters. The number of rotatable bonds is 3. The van der Waals surface area contributed by atoms with Gasteiger partial charge in [0.1, 0.15) is 0 Å². The fourth-order valence-electron chi connectivity index (χ4n) is 4.20. The molecule has 2 fully saturated rings. The van der Waals surface area contributed by atoms with Crippen LogP contribution in [-0.4, -0.2) is 46.2 Å². The highest BCUT2D eigenvalue weighted by atomic mass is 35.5. The highest BCUT2D eigenvalue weighted by Gasteiger charge is 2.46. The first-order chi connectivity index (χ1) is 13.0. The summed E-state index contributed by atoms with van der Waals surface area (Å²) in [5, 5.41) is 19.2. The number of benzene rings is 1. The maximum absolute atomic E-state index is 6.58. The maximum atomic E-state index is 6.58. The van der Waals surface area contributed by atoms with Crippen molar-refractivity contribution >= 4 is 28.1 Å². The molecular weight excluding hydrogens is 380 g/mol. The summed E-state index contributed by atoms with van der Waals surface area (Å²) >= 11 is 8.20. The minimum absolute atomic E-state index is 0.342. The molecule has 140 valence electrons. The van der Waals surface area contributed by atoms with Gasteiger partial charge in [0.05, 0.1) is 11.2 Å². The van der Waals surface area contributed by atoms with E-state index in [1.54, 1.807) is 16.0 Å². The van der Waals surface area contributed by atoms with Crippen LogP contribution < -0.4 is 10.2 Å². The standard InChI is InChI=1S/C19H21ClN6S/c1-19-10-21-7-14(19)9-26(11-19)18-24-23-17(27-18)15-4-3-12(5-16(15)20)13-6-22-25(2)8-13/h3-6,8,14,21H,7,9-11H2,1-2H3/t14-,19+/m1/s1. The van der Waals surface area contributed by atoms with Gasteiger partial charge in [0.2, 0.25) is 5.13 Å². The van der Waals surface area contributed by atoms with E-state index in [1.165, 1.54) is 0 Å². The SMILES string of the molecule is Cn1cc(-c2ccc(-c3nnc(N4C[C@H]5CNC[C@@]5(C)C4)s3)c(Cl)c2)cn1. The Morgan fingerprint density at radius 2 is 2.19 bits per heavy atom. The average Bonchev–Trinajstić information content (AvgIpc) is 3.37. The molecule has 2 aliphatic rings. The molecule has 27 heavy (non-hydrogen) atoms. The van der Waals surface area contributed by atoms with E-state index < -0.39 is 0 Å². The van der Waals surface area contributed by atoms with Crippen molar-refractivity contribution in [1.29, 1.82) is 0 Å². The monoisotopic (exact) mass is 400 g/mol. The van der Waals surface area contributed by atoms with E-state index in [-0.39, 0.29) is 0 Å². The predicted octanol–water partition coefficient (Wildman–Crippen LogP) is 3.30. The molecule has 0 aliphatic carbocycles. The van der Waals surface area contributed by atoms with Crippen LogP contribution in [0.15, 0.2) is 30.6 Å². The molecule has 1 aromatic carbocycles. The van der Waals surface area contributed by atoms with Gasteiger partial charge >= 0.3 is 0 Å². The summed E-state index contributed by atoms with van der Waals surface area (Å²) in [6.07, 6.45) is 3.82. The van der Waals surface area contributed by atoms with Gasteiger partial charge < -0.3 is 10.2 Å². The Kier molecular flexibility index (Phi) is 4.00. The summed E-state index contributed by atoms with van der Waals surface area (Å²) in [5.41, 5.74) is 3.37. The number of nitrogens with one attached hydrogen (secondary N) is 1. The molecular formula is C19H21ClN6S. The second-order valence-electron chi connectivity index (χ2n) is 7.85. The highest BCUT2D eigenvalue weighted by Crippen LogP contribution is 2.42. The van der Waals surface area contributed by atoms with Crippen molar-refractivity contribution in [2.45, 2.75) is 6.92 Å². The van der Waals surface area contributed by atoms with E-state index in [1.807, 2.05) is 31.6 Å². The van der Waals surface area contributed by atoms with Crippen molar-refractivity contribution in [2.75, 3.05) is 31.1 Å². The largest absolute Gasteiger partial charge is 0.346 e. The third-order valence-electron chi connectivity index (χ3n) is 5.82. The minimum atomic E-state index is 0.342. The van der Waals surface area contributed by atoms with Crippen molar-refractivity contribution in [2.24, 2.45) is 18.4 Å². The Hall–Kier alpha value is -1.96. The summed E-state index contributed by atoms with van der Waals surface area (Å²) in [6, 6.07) is 6.06. The first kappa shape index (κ1) is 17.2. The zero-order chi connectivity index (χ0) is 18.6. The van der Waals surface area contributed by atoms with Crippen LogP contribution in [0.2, 0.25) is 5.02 Å². The molecule has 0 saturated carbocycles. The normalized spacial score (nSPS) is 24.6. The van der Waals surface area contributed by atoms with Gasteiger partial charge in [-0.2, -0.15) is 5.10 Å². The molecule has 0 spiro atoms. The zero-order valence-electron chi connectivity index (χ0n) is 15.3. The maximum Gasteiger partial charge on any atom is 0.208 e. The lowest BCUT2D eigenvalue weighted by Gasteiger charge is -2.21. The molecule has 4 heterocycles. The van der Waals surface area contributed by atoms with Gasteiger partial charge in [0.25, 0.3) is 0 Å². The number of hydrogen-bond acceptors (Lipinski definition) is 6. The quantitative estimate of drug-likeness (QED) is 0.730. The summed E-state index contributed by atoms with van der Waals surface area (Å²) in [7, 11) is 1.91. The van der Waals surface area contributed by atoms with E-state index in [9.17, 15) is 0 Å². The van der Waals surface area contributed by atoms with Gasteiger partial charge in [0, 0.05) is 56.0 Å². The van der Waals surface area contributed by atoms with Crippen LogP contribution >= 0.6 is 22.9 Å². The van der Waals surface area contributed by atoms with Gasteiger partial charge in [-0.3, -0.25) is 4.68 Å². The molecule has 1 N–H and O–H groups in total. The lowest BCUT2D eigenvalue weighted by molar-refractivity contribution is 0.338. The molecule has 2 aliphatic heterocycles. The van der Waals surface area contributed by atoms with Crippen molar-refractivity contribution in [3.05, 3.63) is 35.6 Å². The van der Waals surface area contributed by atoms with E-state index in [0.29, 0.717) is 16.4 Å². The second-order valence-corrected chi connectivity index (χ2v) is 9.21. The lowest BCUT2D eigenvalue weighted by Crippen LogP contribution is -2.29. The van der Waals surface area contributed by atoms with Crippen molar-refractivity contribution in [1.82, 2.24) is 25.3 Å². The molecule has 2 aromatic heterocycles. The van der Waals surface area contributed by atoms with Gasteiger partial charge in [-0.05, 0) is 23.6 Å². The third kappa shape index (κ3) is 2.94. The molecule has 8 heteroatoms. The van der Waals surface area contributed by atoms with Crippen LogP contribution in [0.25, 0.3) is 21.7 Å². The lowest BCUT2D eigenvalue weighted by atomic mass is 9.83. The average molecular weight is 401 g/mol. The van der Waals surface area contributed by atoms with E-state index in [4.69, 9.17) is 11.6 Å². The molecule has 6 nitrogen and oxygen atoms in total. The zero-order valence-corrected chi connectivity index (χ0v) is 16.9. The second kappa shape index (κ2) is 6.29. The first-order valence-electron chi connectivity index (χ1n) is 9.10. The Morgan fingerprint density at radius 3 is 2.93 bits per heavy atom. The summed E-state index contributed by atoms with van der Waals surface area (Å²) < 4.78 is 1.79. The summed E-state index contributed by atoms with van der Waals surface area (Å²) in [4.78, 5) is 2.38. The number of aryl methyl sites for hydroxylation is 1. The number of anilines is 1. The van der Waals surface area contributed by atoms with Crippen LogP contribution in [0, 0.1) is 11.3 Å². The number of hydrogen-bond donors (Lipinski definition) is 1. The molecule has 5 rings (SSSR count). The molecule has 2 saturated heterocycles. The van der Waals surface area contributed by atoms with Gasteiger partial charge in [-0.25, -0.2) is 0 Å². The first-order valence-corrected chi connectivity index (χ1v) is 10.3. The van der Waals surface area contributed by atoms with E-state index in [0.717, 1.165) is 53.0 Å². The Morgan fingerprint density at radius 1 is 1.30 bits per heavy atom. The number of aromatic nitrogens is 4. The van der Waals surface area contributed by atoms with Crippen LogP contribution in [-0.2, 0) is 7.05 Å². The summed E-state index contributed by atoms with van der Waals surface area (Å²) in [5.74, 6) is 0.687. The molecule has 0 bridgehead atoms. The Bertz CT molecular complexity index is 998. The number of halogens is 1. The Labute approximate surface area is 167 Å². The Balaban J connectivity index is 1.40. The fourth-order valence-corrected chi connectivity index (χ4v) is 5.41. The third-order valence-corrected chi connectivity index (χ3v) is 7.15. The smallest absolute Gasteiger partial charge is 0.208 e. The molecule has 0 unspecified atom stereocenters. The van der Waals surface area contributed by atoms with Gasteiger partial charge in [-0.15, -0.1) is 10.2 Å². The summed E-state index contributed by atoms with van der Waals surface area (Å²) in [6.45, 7) is 6.63. The predicted molar refractivity (Wildman–Crippen MR) is 109 cm³/mol. The van der Waals surface area contributed by atoms with E-state index in [2.05, 4.69) is 38.5 Å². The van der Waals surface area contributed by atoms with E-state index >= 15 is 0 Å². The van der Waals surface area contributed by atoms with Crippen LogP contribution in [0.5, 0.6) is 0 Å². The van der Waals surface area contributed by atoms with Gasteiger partial charge in [-0.1, -0.05) is 35.9 Å². The van der Waals surface area contributed by atoms with Gasteiger partial charge in [0.15, 0.2) is 5.01 Å². The van der Waals surface area contributed by atoms with Crippen LogP contribution in [0.3, 0.4) is 0 Å². The number of nitrogens with zero attached hydrogens (tertiary/aromatic N) is 5. The molecule has 0 amide bonds. The van der Waals surface area contributed by atoms with Crippen molar-refractivity contribution in [3.63, 3.8) is 0 Å². The van der Waals surface area contributed by atoms with Crippen LogP contribution in [0.4, 0.5) is 5.13 Å². The fraction of sp³-hybridized carbons (Fsp3) is 0.421. The van der Waals surface area contributed by atoms with Crippen molar-refractivity contribution in [3.8, 4) is 21.7 Å². The molecule has 0 radical (unpaired) electrons. The topological polar surface area (TPSA) is 58.9 Å². The number of fused-ring (bicyclic) bond motifs is 1. The van der Waals surface area contributed by atoms with Crippen LogP contribution in [0.1, 0.15) is 6.92 Å². The minimum Gasteiger partial charge on any atom is -0.346 e. The highest BCUT2D eigenvalue weighted by molar-refractivity contribution is 7.18. The van der Waals surface area contributed by atoms with Crippen molar-refractivity contribution < 1.29 is 0 Å².